The molecule has 84 valence electrons. The molecule has 2 rings (SSSR count). The Balaban J connectivity index is 2.62. The van der Waals surface area contributed by atoms with E-state index in [1.165, 1.54) is 5.69 Å². The molecule has 0 amide bonds. The van der Waals surface area contributed by atoms with Gasteiger partial charge in [-0.15, -0.1) is 0 Å². The summed E-state index contributed by atoms with van der Waals surface area (Å²) in [7, 11) is 1.95. The summed E-state index contributed by atoms with van der Waals surface area (Å²) in [4.78, 5) is 0. The Hall–Kier alpha value is -0.800. The molecule has 1 aromatic carbocycles. The highest BCUT2D eigenvalue weighted by Crippen LogP contribution is 2.34. The summed E-state index contributed by atoms with van der Waals surface area (Å²) in [5, 5.41) is 5.22. The van der Waals surface area contributed by atoms with Crippen LogP contribution in [0.15, 0.2) is 28.7 Å². The Labute approximate surface area is 108 Å². The summed E-state index contributed by atoms with van der Waals surface area (Å²) in [6.07, 6.45) is 0.939. The summed E-state index contributed by atoms with van der Waals surface area (Å²) in [5.41, 5.74) is 3.05. The van der Waals surface area contributed by atoms with Gasteiger partial charge in [0.2, 0.25) is 0 Å². The monoisotopic (exact) mass is 298 g/mol. The van der Waals surface area contributed by atoms with E-state index in [1.807, 2.05) is 36.0 Å². The molecule has 0 N–H and O–H groups in total. The zero-order valence-corrected chi connectivity index (χ0v) is 11.5. The number of aromatic nitrogens is 2. The van der Waals surface area contributed by atoms with Crippen LogP contribution in [-0.4, -0.2) is 9.78 Å². The van der Waals surface area contributed by atoms with E-state index in [0.29, 0.717) is 0 Å². The van der Waals surface area contributed by atoms with Crippen molar-refractivity contribution in [3.8, 4) is 11.3 Å². The largest absolute Gasteiger partial charge is 0.271 e. The Kier molecular flexibility index (Phi) is 3.36. The molecule has 2 aromatic rings. The lowest BCUT2D eigenvalue weighted by molar-refractivity contribution is 0.719. The first-order valence-electron chi connectivity index (χ1n) is 5.11. The summed E-state index contributed by atoms with van der Waals surface area (Å²) in [6, 6.07) is 7.75. The van der Waals surface area contributed by atoms with Crippen LogP contribution >= 0.6 is 27.5 Å². The van der Waals surface area contributed by atoms with Gasteiger partial charge in [0.25, 0.3) is 0 Å². The van der Waals surface area contributed by atoms with Gasteiger partial charge in [0.1, 0.15) is 5.69 Å². The average molecular weight is 300 g/mol. The topological polar surface area (TPSA) is 17.8 Å². The highest BCUT2D eigenvalue weighted by molar-refractivity contribution is 9.10. The Morgan fingerprint density at radius 2 is 2.06 bits per heavy atom. The smallest absolute Gasteiger partial charge is 0.108 e. The van der Waals surface area contributed by atoms with Gasteiger partial charge in [0.05, 0.1) is 15.2 Å². The van der Waals surface area contributed by atoms with Crippen molar-refractivity contribution < 1.29 is 0 Å². The first-order valence-corrected chi connectivity index (χ1v) is 6.28. The molecule has 0 radical (unpaired) electrons. The fourth-order valence-electron chi connectivity index (χ4n) is 1.74. The lowest BCUT2D eigenvalue weighted by Gasteiger charge is -2.00. The van der Waals surface area contributed by atoms with Gasteiger partial charge in [-0.2, -0.15) is 5.10 Å². The molecule has 2 nitrogen and oxygen atoms in total. The summed E-state index contributed by atoms with van der Waals surface area (Å²) in [5.74, 6) is 0. The second-order valence-electron chi connectivity index (χ2n) is 3.57. The van der Waals surface area contributed by atoms with Gasteiger partial charge in [0, 0.05) is 12.6 Å². The molecular weight excluding hydrogens is 288 g/mol. The fourth-order valence-corrected chi connectivity index (χ4v) is 2.80. The van der Waals surface area contributed by atoms with Crippen molar-refractivity contribution in [3.05, 3.63) is 39.5 Å². The van der Waals surface area contributed by atoms with E-state index in [0.717, 1.165) is 27.2 Å². The normalized spacial score (nSPS) is 10.8. The van der Waals surface area contributed by atoms with Crippen molar-refractivity contribution in [2.75, 3.05) is 0 Å². The predicted molar refractivity (Wildman–Crippen MR) is 70.7 cm³/mol. The quantitative estimate of drug-likeness (QED) is 0.817. The Bertz CT molecular complexity index is 520. The second-order valence-corrected chi connectivity index (χ2v) is 4.77. The molecule has 0 spiro atoms. The molecule has 0 fully saturated rings. The maximum Gasteiger partial charge on any atom is 0.108 e. The van der Waals surface area contributed by atoms with Gasteiger partial charge < -0.3 is 0 Å². The van der Waals surface area contributed by atoms with E-state index in [1.54, 1.807) is 0 Å². The van der Waals surface area contributed by atoms with Gasteiger partial charge in [-0.3, -0.25) is 4.68 Å². The van der Waals surface area contributed by atoms with E-state index < -0.39 is 0 Å². The first-order chi connectivity index (χ1) is 7.65. The van der Waals surface area contributed by atoms with Crippen molar-refractivity contribution in [2.24, 2.45) is 7.05 Å². The number of rotatable bonds is 2. The van der Waals surface area contributed by atoms with E-state index in [-0.39, 0.29) is 0 Å². The summed E-state index contributed by atoms with van der Waals surface area (Å²) in [6.45, 7) is 2.11. The number of hydrogen-bond donors (Lipinski definition) is 0. The van der Waals surface area contributed by atoms with Gasteiger partial charge in [-0.1, -0.05) is 36.7 Å². The van der Waals surface area contributed by atoms with Crippen molar-refractivity contribution in [2.45, 2.75) is 13.3 Å². The molecule has 1 aromatic heterocycles. The summed E-state index contributed by atoms with van der Waals surface area (Å²) < 4.78 is 2.92. The minimum Gasteiger partial charge on any atom is -0.271 e. The van der Waals surface area contributed by atoms with Crippen LogP contribution in [0.1, 0.15) is 12.6 Å². The van der Waals surface area contributed by atoms with E-state index >= 15 is 0 Å². The Morgan fingerprint density at radius 3 is 2.62 bits per heavy atom. The fraction of sp³-hybridized carbons (Fsp3) is 0.250. The summed E-state index contributed by atoms with van der Waals surface area (Å²) >= 11 is 9.76. The Morgan fingerprint density at radius 1 is 1.38 bits per heavy atom. The number of benzene rings is 1. The molecule has 16 heavy (non-hydrogen) atoms. The number of halogens is 2. The number of hydrogen-bond acceptors (Lipinski definition) is 1. The minimum absolute atomic E-state index is 0.726. The molecule has 0 saturated carbocycles. The van der Waals surface area contributed by atoms with Crippen LogP contribution in [0.25, 0.3) is 11.3 Å². The zero-order valence-electron chi connectivity index (χ0n) is 9.17. The van der Waals surface area contributed by atoms with Crippen molar-refractivity contribution >= 4 is 27.5 Å². The van der Waals surface area contributed by atoms with E-state index in [9.17, 15) is 0 Å². The zero-order chi connectivity index (χ0) is 11.7. The number of aryl methyl sites for hydroxylation is 1. The lowest BCUT2D eigenvalue weighted by Crippen LogP contribution is -1.96. The molecule has 1 heterocycles. The third kappa shape index (κ3) is 1.89. The third-order valence-electron chi connectivity index (χ3n) is 2.57. The number of nitrogens with zero attached hydrogens (tertiary/aromatic N) is 2. The van der Waals surface area contributed by atoms with Gasteiger partial charge in [0.15, 0.2) is 0 Å². The van der Waals surface area contributed by atoms with Crippen LogP contribution in [0.2, 0.25) is 5.02 Å². The third-order valence-corrected chi connectivity index (χ3v) is 3.73. The van der Waals surface area contributed by atoms with Crippen molar-refractivity contribution in [3.63, 3.8) is 0 Å². The first kappa shape index (κ1) is 11.7. The molecule has 0 bridgehead atoms. The van der Waals surface area contributed by atoms with Crippen LogP contribution in [0.3, 0.4) is 0 Å². The van der Waals surface area contributed by atoms with Crippen LogP contribution in [0.5, 0.6) is 0 Å². The lowest BCUT2D eigenvalue weighted by atomic mass is 10.1. The second kappa shape index (κ2) is 4.60. The van der Waals surface area contributed by atoms with E-state index in [2.05, 4.69) is 28.0 Å². The van der Waals surface area contributed by atoms with Crippen LogP contribution < -0.4 is 0 Å². The standard InChI is InChI=1S/C12H12BrClN2/c1-3-10-11(13)12(15-16(10)2)8-6-4-5-7-9(8)14/h4-7H,3H2,1-2H3. The molecule has 4 heteroatoms. The highest BCUT2D eigenvalue weighted by atomic mass is 79.9. The molecule has 0 aliphatic heterocycles. The molecule has 0 unspecified atom stereocenters. The van der Waals surface area contributed by atoms with E-state index in [4.69, 9.17) is 11.6 Å². The molecule has 0 aliphatic rings. The molecule has 0 atom stereocenters. The van der Waals surface area contributed by atoms with Gasteiger partial charge >= 0.3 is 0 Å². The van der Waals surface area contributed by atoms with Crippen molar-refractivity contribution in [1.82, 2.24) is 9.78 Å². The molecule has 0 saturated heterocycles. The SMILES string of the molecule is CCc1c(Br)c(-c2ccccc2Cl)nn1C. The van der Waals surface area contributed by atoms with Gasteiger partial charge in [-0.05, 0) is 28.4 Å². The maximum absolute atomic E-state index is 6.17. The van der Waals surface area contributed by atoms with Crippen LogP contribution in [-0.2, 0) is 13.5 Å². The van der Waals surface area contributed by atoms with Crippen LogP contribution in [0.4, 0.5) is 0 Å². The van der Waals surface area contributed by atoms with Gasteiger partial charge in [-0.25, -0.2) is 0 Å². The highest BCUT2D eigenvalue weighted by Gasteiger charge is 2.15. The molecular formula is C12H12BrClN2. The van der Waals surface area contributed by atoms with Crippen LogP contribution in [0, 0.1) is 0 Å². The average Bonchev–Trinajstić information content (AvgIpc) is 2.55. The maximum atomic E-state index is 6.17. The van der Waals surface area contributed by atoms with Crippen molar-refractivity contribution in [1.29, 1.82) is 0 Å². The predicted octanol–water partition coefficient (Wildman–Crippen LogP) is 4.07. The minimum atomic E-state index is 0.726. The molecule has 0 aliphatic carbocycles.